The van der Waals surface area contributed by atoms with Gasteiger partial charge in [-0.1, -0.05) is 11.3 Å². The van der Waals surface area contributed by atoms with Crippen molar-refractivity contribution in [2.75, 3.05) is 0 Å². The lowest BCUT2D eigenvalue weighted by Gasteiger charge is -2.10. The molecule has 6 nitrogen and oxygen atoms in total. The summed E-state index contributed by atoms with van der Waals surface area (Å²) in [5, 5.41) is 18.6. The van der Waals surface area contributed by atoms with Crippen molar-refractivity contribution in [2.45, 2.75) is 6.92 Å². The Morgan fingerprint density at radius 1 is 0.935 bits per heavy atom. The minimum absolute atomic E-state index is 0.187. The molecule has 0 fully saturated rings. The Hall–Kier alpha value is -4.26. The number of halogens is 1. The molecule has 0 amide bonds. The number of ether oxygens (including phenoxy) is 1. The first-order chi connectivity index (χ1) is 15.0. The van der Waals surface area contributed by atoms with Crippen LogP contribution in [0.1, 0.15) is 5.56 Å². The molecule has 152 valence electrons. The second kappa shape index (κ2) is 7.53. The molecule has 0 saturated heterocycles. The summed E-state index contributed by atoms with van der Waals surface area (Å²) in [5.41, 5.74) is 3.56. The van der Waals surface area contributed by atoms with E-state index in [1.165, 1.54) is 12.1 Å². The van der Waals surface area contributed by atoms with Crippen molar-refractivity contribution < 1.29 is 14.2 Å². The molecule has 1 N–H and O–H groups in total. The Kier molecular flexibility index (Phi) is 4.55. The van der Waals surface area contributed by atoms with Gasteiger partial charge in [-0.3, -0.25) is 0 Å². The summed E-state index contributed by atoms with van der Waals surface area (Å²) in [6.07, 6.45) is 1.77. The molecule has 31 heavy (non-hydrogen) atoms. The molecule has 3 aromatic carbocycles. The molecule has 7 heteroatoms. The van der Waals surface area contributed by atoms with Crippen molar-refractivity contribution in [3.05, 3.63) is 90.4 Å². The predicted molar refractivity (Wildman–Crippen MR) is 115 cm³/mol. The van der Waals surface area contributed by atoms with Gasteiger partial charge in [-0.05, 0) is 73.2 Å². The highest BCUT2D eigenvalue weighted by Crippen LogP contribution is 2.31. The van der Waals surface area contributed by atoms with Crippen LogP contribution in [-0.2, 0) is 0 Å². The zero-order valence-electron chi connectivity index (χ0n) is 16.5. The molecule has 0 atom stereocenters. The topological polar surface area (TPSA) is 73.1 Å². The Labute approximate surface area is 177 Å². The molecule has 0 unspecified atom stereocenters. The summed E-state index contributed by atoms with van der Waals surface area (Å²) in [4.78, 5) is 4.69. The molecular weight excluding hydrogens is 395 g/mol. The van der Waals surface area contributed by atoms with Crippen LogP contribution in [0, 0.1) is 12.7 Å². The molecule has 2 aromatic heterocycles. The third-order valence-electron chi connectivity index (χ3n) is 4.81. The van der Waals surface area contributed by atoms with E-state index >= 15 is 0 Å². The van der Waals surface area contributed by atoms with Crippen molar-refractivity contribution in [2.24, 2.45) is 0 Å². The van der Waals surface area contributed by atoms with E-state index in [2.05, 4.69) is 10.3 Å². The zero-order chi connectivity index (χ0) is 21.4. The van der Waals surface area contributed by atoms with Gasteiger partial charge in [0.25, 0.3) is 0 Å². The van der Waals surface area contributed by atoms with Gasteiger partial charge in [0.15, 0.2) is 0 Å². The van der Waals surface area contributed by atoms with Gasteiger partial charge < -0.3 is 9.84 Å². The van der Waals surface area contributed by atoms with Crippen LogP contribution in [0.4, 0.5) is 4.39 Å². The second-order valence-electron chi connectivity index (χ2n) is 7.15. The maximum Gasteiger partial charge on any atom is 0.136 e. The Morgan fingerprint density at radius 3 is 2.58 bits per heavy atom. The third kappa shape index (κ3) is 3.81. The normalized spacial score (nSPS) is 11.0. The lowest BCUT2D eigenvalue weighted by Crippen LogP contribution is -1.93. The van der Waals surface area contributed by atoms with Crippen LogP contribution in [0.25, 0.3) is 28.0 Å². The number of nitrogens with zero attached hydrogens (tertiary/aromatic N) is 4. The first-order valence-electron chi connectivity index (χ1n) is 9.62. The number of benzene rings is 3. The Bertz CT molecular complexity index is 1380. The van der Waals surface area contributed by atoms with Crippen LogP contribution in [0.3, 0.4) is 0 Å². The molecule has 5 aromatic rings. The van der Waals surface area contributed by atoms with E-state index in [0.717, 1.165) is 22.2 Å². The summed E-state index contributed by atoms with van der Waals surface area (Å²) in [7, 11) is 0. The molecular formula is C24H17FN4O2. The van der Waals surface area contributed by atoms with Gasteiger partial charge in [0, 0.05) is 11.5 Å². The van der Waals surface area contributed by atoms with E-state index in [4.69, 9.17) is 9.72 Å². The van der Waals surface area contributed by atoms with E-state index in [9.17, 15) is 9.50 Å². The average molecular weight is 412 g/mol. The molecule has 2 heterocycles. The molecule has 5 rings (SSSR count). The number of rotatable bonds is 4. The monoisotopic (exact) mass is 412 g/mol. The number of phenolic OH excluding ortho intramolecular Hbond substituents is 1. The van der Waals surface area contributed by atoms with Gasteiger partial charge >= 0.3 is 0 Å². The van der Waals surface area contributed by atoms with E-state index in [1.807, 2.05) is 37.3 Å². The van der Waals surface area contributed by atoms with Crippen LogP contribution >= 0.6 is 0 Å². The minimum atomic E-state index is -0.340. The number of aromatic hydroxyl groups is 1. The predicted octanol–water partition coefficient (Wildman–Crippen LogP) is 5.43. The number of fused-ring (bicyclic) bond motifs is 1. The summed E-state index contributed by atoms with van der Waals surface area (Å²) < 4.78 is 21.3. The number of hydrogen-bond acceptors (Lipinski definition) is 5. The molecule has 0 spiro atoms. The maximum atomic E-state index is 13.7. The fraction of sp³-hybridized carbons (Fsp3) is 0.0417. The fourth-order valence-electron chi connectivity index (χ4n) is 3.36. The van der Waals surface area contributed by atoms with Crippen LogP contribution < -0.4 is 4.74 Å². The highest BCUT2D eigenvalue weighted by molar-refractivity contribution is 5.87. The van der Waals surface area contributed by atoms with Crippen LogP contribution in [0.2, 0.25) is 0 Å². The standard InChI is InChI=1S/C24H17FN4O2/c1-15-11-16(25)13-19(12-15)31-24-4-2-3-21-20(24)9-10-22(26-21)23-14-29(28-27-23)17-5-7-18(30)8-6-17/h2-14,30H,1H3. The SMILES string of the molecule is Cc1cc(F)cc(Oc2cccc3nc(-c4cn(-c5ccc(O)cc5)nn4)ccc23)c1. The van der Waals surface area contributed by atoms with Gasteiger partial charge in [-0.15, -0.1) is 5.10 Å². The van der Waals surface area contributed by atoms with Gasteiger partial charge in [0.2, 0.25) is 0 Å². The molecule has 0 aliphatic rings. The largest absolute Gasteiger partial charge is 0.508 e. The van der Waals surface area contributed by atoms with E-state index in [-0.39, 0.29) is 11.6 Å². The summed E-state index contributed by atoms with van der Waals surface area (Å²) in [6, 6.07) is 20.6. The van der Waals surface area contributed by atoms with Crippen molar-refractivity contribution in [1.29, 1.82) is 0 Å². The first-order valence-corrected chi connectivity index (χ1v) is 9.62. The fourth-order valence-corrected chi connectivity index (χ4v) is 3.36. The van der Waals surface area contributed by atoms with E-state index < -0.39 is 0 Å². The first kappa shape index (κ1) is 18.7. The number of aromatic nitrogens is 4. The van der Waals surface area contributed by atoms with E-state index in [1.54, 1.807) is 41.2 Å². The summed E-state index contributed by atoms with van der Waals surface area (Å²) >= 11 is 0. The number of pyridine rings is 1. The highest BCUT2D eigenvalue weighted by Gasteiger charge is 2.11. The smallest absolute Gasteiger partial charge is 0.136 e. The zero-order valence-corrected chi connectivity index (χ0v) is 16.5. The lowest BCUT2D eigenvalue weighted by molar-refractivity contribution is 0.475. The molecule has 0 aliphatic carbocycles. The van der Waals surface area contributed by atoms with E-state index in [0.29, 0.717) is 22.9 Å². The molecule has 0 aliphatic heterocycles. The maximum absolute atomic E-state index is 13.7. The second-order valence-corrected chi connectivity index (χ2v) is 7.15. The van der Waals surface area contributed by atoms with Crippen molar-refractivity contribution in [1.82, 2.24) is 20.0 Å². The third-order valence-corrected chi connectivity index (χ3v) is 4.81. The molecule has 0 bridgehead atoms. The number of hydrogen-bond donors (Lipinski definition) is 1. The van der Waals surface area contributed by atoms with Crippen LogP contribution in [0.5, 0.6) is 17.2 Å². The number of aryl methyl sites for hydroxylation is 1. The van der Waals surface area contributed by atoms with Crippen molar-refractivity contribution >= 4 is 10.9 Å². The van der Waals surface area contributed by atoms with Crippen molar-refractivity contribution in [3.63, 3.8) is 0 Å². The van der Waals surface area contributed by atoms with Gasteiger partial charge in [0.05, 0.1) is 23.1 Å². The van der Waals surface area contributed by atoms with Crippen LogP contribution in [0.15, 0.2) is 79.0 Å². The quantitative estimate of drug-likeness (QED) is 0.426. The van der Waals surface area contributed by atoms with Crippen LogP contribution in [-0.4, -0.2) is 25.1 Å². The Morgan fingerprint density at radius 2 is 1.77 bits per heavy atom. The minimum Gasteiger partial charge on any atom is -0.508 e. The van der Waals surface area contributed by atoms with Gasteiger partial charge in [-0.2, -0.15) is 0 Å². The molecule has 0 radical (unpaired) electrons. The van der Waals surface area contributed by atoms with Gasteiger partial charge in [-0.25, -0.2) is 14.1 Å². The number of phenols is 1. The van der Waals surface area contributed by atoms with Crippen molar-refractivity contribution in [3.8, 4) is 34.3 Å². The highest BCUT2D eigenvalue weighted by atomic mass is 19.1. The lowest BCUT2D eigenvalue weighted by atomic mass is 10.1. The summed E-state index contributed by atoms with van der Waals surface area (Å²) in [5.74, 6) is 0.874. The van der Waals surface area contributed by atoms with Gasteiger partial charge in [0.1, 0.15) is 28.8 Å². The average Bonchev–Trinajstić information content (AvgIpc) is 3.24. The summed E-state index contributed by atoms with van der Waals surface area (Å²) in [6.45, 7) is 1.82. The molecule has 0 saturated carbocycles. The Balaban J connectivity index is 1.48.